The van der Waals surface area contributed by atoms with Crippen LogP contribution in [0.5, 0.6) is 0 Å². The van der Waals surface area contributed by atoms with Gasteiger partial charge in [-0.2, -0.15) is 17.8 Å². The van der Waals surface area contributed by atoms with Gasteiger partial charge in [0.25, 0.3) is 0 Å². The Bertz CT molecular complexity index is 610. The number of hydrogen-bond donors (Lipinski definition) is 2. The molecule has 0 aliphatic carbocycles. The van der Waals surface area contributed by atoms with Crippen molar-refractivity contribution in [1.29, 1.82) is 0 Å². The summed E-state index contributed by atoms with van der Waals surface area (Å²) in [6.07, 6.45) is 3.74. The van der Waals surface area contributed by atoms with Crippen LogP contribution in [0.4, 0.5) is 5.82 Å². The molecule has 0 amide bonds. The molecule has 2 heterocycles. The van der Waals surface area contributed by atoms with E-state index >= 15 is 0 Å². The number of rotatable bonds is 4. The van der Waals surface area contributed by atoms with Gasteiger partial charge in [0.1, 0.15) is 5.56 Å². The van der Waals surface area contributed by atoms with E-state index in [1.807, 2.05) is 6.92 Å². The number of aromatic carboxylic acids is 1. The van der Waals surface area contributed by atoms with Crippen molar-refractivity contribution in [3.05, 3.63) is 11.8 Å². The zero-order chi connectivity index (χ0) is 14.9. The predicted molar refractivity (Wildman–Crippen MR) is 72.7 cm³/mol. The van der Waals surface area contributed by atoms with Gasteiger partial charge < -0.3 is 5.11 Å². The van der Waals surface area contributed by atoms with Crippen LogP contribution < -0.4 is 4.72 Å². The molecule has 0 aromatic carbocycles. The van der Waals surface area contributed by atoms with Crippen LogP contribution in [0.15, 0.2) is 6.20 Å². The number of anilines is 1. The topological polar surface area (TPSA) is 105 Å². The fraction of sp³-hybridized carbons (Fsp3) is 0.636. The smallest absolute Gasteiger partial charge is 0.341 e. The van der Waals surface area contributed by atoms with Gasteiger partial charge in [-0.3, -0.25) is 9.40 Å². The van der Waals surface area contributed by atoms with Gasteiger partial charge >= 0.3 is 16.2 Å². The van der Waals surface area contributed by atoms with Crippen molar-refractivity contribution in [2.75, 3.05) is 11.3 Å². The van der Waals surface area contributed by atoms with Gasteiger partial charge in [-0.1, -0.05) is 6.42 Å². The first-order valence-electron chi connectivity index (χ1n) is 6.38. The predicted octanol–water partition coefficient (Wildman–Crippen LogP) is 0.649. The van der Waals surface area contributed by atoms with Gasteiger partial charge in [0.05, 0.1) is 6.20 Å². The third-order valence-corrected chi connectivity index (χ3v) is 5.06. The second kappa shape index (κ2) is 5.41. The van der Waals surface area contributed by atoms with Crippen molar-refractivity contribution < 1.29 is 18.3 Å². The Labute approximate surface area is 117 Å². The number of nitrogens with zero attached hydrogens (tertiary/aromatic N) is 3. The minimum absolute atomic E-state index is 0.0322. The van der Waals surface area contributed by atoms with Crippen molar-refractivity contribution in [2.24, 2.45) is 7.05 Å². The summed E-state index contributed by atoms with van der Waals surface area (Å²) in [5.41, 5.74) is -0.166. The highest BCUT2D eigenvalue weighted by Gasteiger charge is 2.31. The lowest BCUT2D eigenvalue weighted by Crippen LogP contribution is -2.45. The molecule has 0 spiro atoms. The number of aryl methyl sites for hydroxylation is 1. The van der Waals surface area contributed by atoms with E-state index in [0.29, 0.717) is 6.54 Å². The lowest BCUT2D eigenvalue weighted by atomic mass is 10.1. The van der Waals surface area contributed by atoms with Crippen LogP contribution in [0, 0.1) is 0 Å². The van der Waals surface area contributed by atoms with Crippen LogP contribution in [0.25, 0.3) is 0 Å². The normalized spacial score (nSPS) is 20.8. The second-order valence-electron chi connectivity index (χ2n) is 4.90. The molecule has 1 aromatic rings. The van der Waals surface area contributed by atoms with E-state index in [1.54, 1.807) is 0 Å². The highest BCUT2D eigenvalue weighted by Crippen LogP contribution is 2.23. The van der Waals surface area contributed by atoms with Crippen LogP contribution in [0.3, 0.4) is 0 Å². The van der Waals surface area contributed by atoms with Gasteiger partial charge in [-0.25, -0.2) is 4.79 Å². The molecule has 112 valence electrons. The maximum atomic E-state index is 12.4. The molecule has 1 saturated heterocycles. The Morgan fingerprint density at radius 1 is 1.50 bits per heavy atom. The van der Waals surface area contributed by atoms with Crippen molar-refractivity contribution in [3.63, 3.8) is 0 Å². The Hall–Kier alpha value is -1.61. The van der Waals surface area contributed by atoms with Crippen LogP contribution >= 0.6 is 0 Å². The van der Waals surface area contributed by atoms with E-state index in [9.17, 15) is 13.2 Å². The lowest BCUT2D eigenvalue weighted by molar-refractivity contribution is 0.0698. The van der Waals surface area contributed by atoms with E-state index in [2.05, 4.69) is 9.82 Å². The molecule has 1 atom stereocenters. The molecule has 0 saturated carbocycles. The first-order valence-corrected chi connectivity index (χ1v) is 7.82. The number of carboxylic acid groups (broad SMARTS) is 1. The Morgan fingerprint density at radius 2 is 2.20 bits per heavy atom. The molecule has 1 unspecified atom stereocenters. The molecule has 1 aliphatic rings. The minimum Gasteiger partial charge on any atom is -0.477 e. The summed E-state index contributed by atoms with van der Waals surface area (Å²) in [4.78, 5) is 11.1. The summed E-state index contributed by atoms with van der Waals surface area (Å²) in [6, 6.07) is -0.0947. The van der Waals surface area contributed by atoms with Gasteiger partial charge in [0, 0.05) is 19.6 Å². The summed E-state index contributed by atoms with van der Waals surface area (Å²) < 4.78 is 29.7. The number of piperidine rings is 1. The molecule has 20 heavy (non-hydrogen) atoms. The average molecular weight is 302 g/mol. The van der Waals surface area contributed by atoms with E-state index in [1.165, 1.54) is 16.0 Å². The molecule has 1 fully saturated rings. The van der Waals surface area contributed by atoms with Gasteiger partial charge in [-0.15, -0.1) is 0 Å². The van der Waals surface area contributed by atoms with Crippen molar-refractivity contribution in [2.45, 2.75) is 32.2 Å². The van der Waals surface area contributed by atoms with E-state index in [4.69, 9.17) is 5.11 Å². The molecule has 2 N–H and O–H groups in total. The second-order valence-corrected chi connectivity index (χ2v) is 6.52. The number of hydrogen-bond acceptors (Lipinski definition) is 4. The Morgan fingerprint density at radius 3 is 2.80 bits per heavy atom. The summed E-state index contributed by atoms with van der Waals surface area (Å²) in [5, 5.41) is 12.8. The zero-order valence-corrected chi connectivity index (χ0v) is 12.2. The van der Waals surface area contributed by atoms with Crippen molar-refractivity contribution in [3.8, 4) is 0 Å². The van der Waals surface area contributed by atoms with Crippen molar-refractivity contribution in [1.82, 2.24) is 14.1 Å². The molecular formula is C11H18N4O4S. The highest BCUT2D eigenvalue weighted by atomic mass is 32.2. The van der Waals surface area contributed by atoms with Crippen LogP contribution in [0.2, 0.25) is 0 Å². The fourth-order valence-electron chi connectivity index (χ4n) is 2.32. The average Bonchev–Trinajstić information content (AvgIpc) is 2.71. The van der Waals surface area contributed by atoms with Gasteiger partial charge in [0.2, 0.25) is 0 Å². The molecule has 1 aliphatic heterocycles. The Kier molecular flexibility index (Phi) is 4.00. The zero-order valence-electron chi connectivity index (χ0n) is 11.4. The largest absolute Gasteiger partial charge is 0.477 e. The number of nitrogens with one attached hydrogen (secondary N) is 1. The molecule has 9 heteroatoms. The summed E-state index contributed by atoms with van der Waals surface area (Å²) in [5.74, 6) is -1.25. The number of carboxylic acids is 1. The monoisotopic (exact) mass is 302 g/mol. The first-order chi connectivity index (χ1) is 9.33. The van der Waals surface area contributed by atoms with E-state index in [-0.39, 0.29) is 17.4 Å². The summed E-state index contributed by atoms with van der Waals surface area (Å²) >= 11 is 0. The lowest BCUT2D eigenvalue weighted by Gasteiger charge is -2.32. The molecule has 0 bridgehead atoms. The quantitative estimate of drug-likeness (QED) is 0.849. The molecule has 0 radical (unpaired) electrons. The maximum Gasteiger partial charge on any atom is 0.341 e. The van der Waals surface area contributed by atoms with E-state index < -0.39 is 16.2 Å². The SMILES string of the molecule is CC1CCCCN1S(=O)(=O)Nc1c(C(=O)O)cnn1C. The van der Waals surface area contributed by atoms with E-state index in [0.717, 1.165) is 25.5 Å². The number of aromatic nitrogens is 2. The molecule has 1 aromatic heterocycles. The fourth-order valence-corrected chi connectivity index (χ4v) is 3.88. The molecule has 8 nitrogen and oxygen atoms in total. The maximum absolute atomic E-state index is 12.4. The first kappa shape index (κ1) is 14.8. The third kappa shape index (κ3) is 2.78. The number of carbonyl (C=O) groups is 1. The molecular weight excluding hydrogens is 284 g/mol. The third-order valence-electron chi connectivity index (χ3n) is 3.45. The van der Waals surface area contributed by atoms with Gasteiger partial charge in [0.15, 0.2) is 5.82 Å². The molecule has 2 rings (SSSR count). The highest BCUT2D eigenvalue weighted by molar-refractivity contribution is 7.90. The minimum atomic E-state index is -3.77. The van der Waals surface area contributed by atoms with Crippen molar-refractivity contribution >= 4 is 22.0 Å². The Balaban J connectivity index is 2.28. The van der Waals surface area contributed by atoms with Crippen LogP contribution in [0.1, 0.15) is 36.5 Å². The van der Waals surface area contributed by atoms with Gasteiger partial charge in [-0.05, 0) is 19.8 Å². The van der Waals surface area contributed by atoms with Crippen LogP contribution in [-0.2, 0) is 17.3 Å². The standard InChI is InChI=1S/C11H18N4O4S/c1-8-5-3-4-6-15(8)20(18,19)13-10-9(11(16)17)7-12-14(10)2/h7-8,13H,3-6H2,1-2H3,(H,16,17). The summed E-state index contributed by atoms with van der Waals surface area (Å²) in [6.45, 7) is 2.29. The summed E-state index contributed by atoms with van der Waals surface area (Å²) in [7, 11) is -2.28. The van der Waals surface area contributed by atoms with Crippen LogP contribution in [-0.4, -0.2) is 46.2 Å².